The molecule has 0 atom stereocenters. The van der Waals surface area contributed by atoms with Gasteiger partial charge in [0.15, 0.2) is 5.03 Å². The highest BCUT2D eigenvalue weighted by Gasteiger charge is 2.33. The molecule has 3 rings (SSSR count). The smallest absolute Gasteiger partial charge is 0.262 e. The van der Waals surface area contributed by atoms with Crippen molar-refractivity contribution in [2.75, 3.05) is 33.3 Å². The van der Waals surface area contributed by atoms with E-state index in [1.54, 1.807) is 18.5 Å². The Kier molecular flexibility index (Phi) is 6.25. The molecule has 0 saturated carbocycles. The van der Waals surface area contributed by atoms with Crippen molar-refractivity contribution in [2.24, 2.45) is 7.05 Å². The largest absolute Gasteiger partial charge is 0.495 e. The Labute approximate surface area is 175 Å². The summed E-state index contributed by atoms with van der Waals surface area (Å²) in [7, 11) is -4.44. The van der Waals surface area contributed by atoms with E-state index >= 15 is 0 Å². The first-order chi connectivity index (χ1) is 13.6. The van der Waals surface area contributed by atoms with Gasteiger partial charge in [0, 0.05) is 39.4 Å². The number of nitrogens with zero attached hydrogens (tertiary/aromatic N) is 4. The van der Waals surface area contributed by atoms with E-state index in [1.807, 2.05) is 0 Å². The molecule has 0 radical (unpaired) electrons. The van der Waals surface area contributed by atoms with Crippen molar-refractivity contribution in [2.45, 2.75) is 23.3 Å². The summed E-state index contributed by atoms with van der Waals surface area (Å²) in [4.78, 5) is 4.15. The summed E-state index contributed by atoms with van der Waals surface area (Å²) in [5.41, 5.74) is 0. The van der Waals surface area contributed by atoms with E-state index in [1.165, 1.54) is 40.1 Å². The molecule has 2 aromatic rings. The van der Waals surface area contributed by atoms with Crippen LogP contribution in [0.1, 0.15) is 12.2 Å². The number of hydrogen-bond donors (Lipinski definition) is 0. The number of methoxy groups -OCH3 is 1. The van der Waals surface area contributed by atoms with Gasteiger partial charge in [-0.2, -0.15) is 8.61 Å². The van der Waals surface area contributed by atoms with Gasteiger partial charge >= 0.3 is 0 Å². The molecule has 0 spiro atoms. The molecular formula is C17H23ClN4O5S2. The predicted molar refractivity (Wildman–Crippen MR) is 108 cm³/mol. The number of hydrogen-bond acceptors (Lipinski definition) is 6. The van der Waals surface area contributed by atoms with Crippen molar-refractivity contribution < 1.29 is 21.6 Å². The molecule has 1 aliphatic rings. The zero-order chi connectivity index (χ0) is 21.4. The summed E-state index contributed by atoms with van der Waals surface area (Å²) < 4.78 is 61.1. The number of aryl methyl sites for hydroxylation is 2. The van der Waals surface area contributed by atoms with Gasteiger partial charge in [-0.05, 0) is 31.5 Å². The van der Waals surface area contributed by atoms with Gasteiger partial charge < -0.3 is 9.30 Å². The van der Waals surface area contributed by atoms with Crippen molar-refractivity contribution in [1.82, 2.24) is 18.2 Å². The number of ether oxygens (including phenoxy) is 1. The number of aromatic nitrogens is 2. The normalized spacial score (nSPS) is 17.2. The quantitative estimate of drug-likeness (QED) is 0.666. The molecule has 1 aromatic carbocycles. The second-order valence-corrected chi connectivity index (χ2v) is 10.9. The molecule has 1 saturated heterocycles. The number of rotatable bonds is 5. The average Bonchev–Trinajstić information content (AvgIpc) is 2.87. The van der Waals surface area contributed by atoms with E-state index in [0.717, 1.165) is 0 Å². The maximum absolute atomic E-state index is 13.0. The van der Waals surface area contributed by atoms with Crippen LogP contribution in [0.25, 0.3) is 0 Å². The summed E-state index contributed by atoms with van der Waals surface area (Å²) in [6, 6.07) is 4.26. The highest BCUT2D eigenvalue weighted by molar-refractivity contribution is 7.89. The average molecular weight is 463 g/mol. The van der Waals surface area contributed by atoms with Gasteiger partial charge in [-0.3, -0.25) is 0 Å². The van der Waals surface area contributed by atoms with E-state index < -0.39 is 20.0 Å². The lowest BCUT2D eigenvalue weighted by Gasteiger charge is -2.21. The van der Waals surface area contributed by atoms with E-state index in [4.69, 9.17) is 16.3 Å². The standard InChI is InChI=1S/C17H23ClN4O5S2/c1-13-19-17(12-20(13)2)29(25,26)22-8-4-7-21(9-10-22)28(23,24)14-5-6-16(27-3)15(18)11-14/h5-6,11-12H,4,7-10H2,1-3H3. The number of imidazole rings is 1. The first kappa shape index (κ1) is 22.0. The van der Waals surface area contributed by atoms with Gasteiger partial charge in [-0.25, -0.2) is 21.8 Å². The number of sulfonamides is 2. The first-order valence-electron chi connectivity index (χ1n) is 8.91. The van der Waals surface area contributed by atoms with Crippen molar-refractivity contribution in [3.05, 3.63) is 35.2 Å². The predicted octanol–water partition coefficient (Wildman–Crippen LogP) is 1.48. The maximum atomic E-state index is 13.0. The lowest BCUT2D eigenvalue weighted by molar-refractivity contribution is 0.403. The molecule has 0 unspecified atom stereocenters. The van der Waals surface area contributed by atoms with Crippen molar-refractivity contribution in [3.63, 3.8) is 0 Å². The molecule has 0 bridgehead atoms. The van der Waals surface area contributed by atoms with Gasteiger partial charge in [0.25, 0.3) is 10.0 Å². The van der Waals surface area contributed by atoms with Gasteiger partial charge in [-0.1, -0.05) is 11.6 Å². The van der Waals surface area contributed by atoms with Crippen LogP contribution in [0, 0.1) is 6.92 Å². The SMILES string of the molecule is COc1ccc(S(=O)(=O)N2CCCN(S(=O)(=O)c3cn(C)c(C)n3)CC2)cc1Cl. The topological polar surface area (TPSA) is 102 Å². The Morgan fingerprint density at radius 3 is 2.17 bits per heavy atom. The molecule has 160 valence electrons. The van der Waals surface area contributed by atoms with Crippen LogP contribution in [0.2, 0.25) is 5.02 Å². The monoisotopic (exact) mass is 462 g/mol. The van der Waals surface area contributed by atoms with Gasteiger partial charge in [0.05, 0.1) is 17.0 Å². The lowest BCUT2D eigenvalue weighted by atomic mass is 10.3. The van der Waals surface area contributed by atoms with Crippen LogP contribution in [0.15, 0.2) is 34.3 Å². The third-order valence-corrected chi connectivity index (χ3v) is 8.83. The maximum Gasteiger partial charge on any atom is 0.262 e. The second kappa shape index (κ2) is 8.23. The van der Waals surface area contributed by atoms with Gasteiger partial charge in [-0.15, -0.1) is 0 Å². The Balaban J connectivity index is 1.81. The summed E-state index contributed by atoms with van der Waals surface area (Å²) in [6.45, 7) is 2.22. The Morgan fingerprint density at radius 1 is 1.03 bits per heavy atom. The fourth-order valence-electron chi connectivity index (χ4n) is 3.09. The molecule has 9 nitrogen and oxygen atoms in total. The lowest BCUT2D eigenvalue weighted by Crippen LogP contribution is -2.37. The van der Waals surface area contributed by atoms with E-state index in [0.29, 0.717) is 18.0 Å². The van der Waals surface area contributed by atoms with Crippen LogP contribution in [-0.4, -0.2) is 68.3 Å². The van der Waals surface area contributed by atoms with Crippen LogP contribution in [-0.2, 0) is 27.1 Å². The van der Waals surface area contributed by atoms with Crippen molar-refractivity contribution in [3.8, 4) is 5.75 Å². The Hall–Kier alpha value is -1.66. The zero-order valence-electron chi connectivity index (χ0n) is 16.4. The van der Waals surface area contributed by atoms with Crippen LogP contribution in [0.5, 0.6) is 5.75 Å². The molecule has 0 amide bonds. The summed E-state index contributed by atoms with van der Waals surface area (Å²) in [5.74, 6) is 0.961. The second-order valence-electron chi connectivity index (χ2n) is 6.70. The van der Waals surface area contributed by atoms with Gasteiger partial charge in [0.1, 0.15) is 11.6 Å². The highest BCUT2D eigenvalue weighted by Crippen LogP contribution is 2.29. The van der Waals surface area contributed by atoms with Crippen LogP contribution >= 0.6 is 11.6 Å². The molecule has 12 heteroatoms. The molecular weight excluding hydrogens is 440 g/mol. The minimum absolute atomic E-state index is 0.0317. The summed E-state index contributed by atoms with van der Waals surface area (Å²) in [6.07, 6.45) is 1.83. The zero-order valence-corrected chi connectivity index (χ0v) is 18.8. The number of benzene rings is 1. The van der Waals surface area contributed by atoms with Crippen LogP contribution in [0.3, 0.4) is 0 Å². The fraction of sp³-hybridized carbons (Fsp3) is 0.471. The molecule has 1 fully saturated rings. The Morgan fingerprint density at radius 2 is 1.66 bits per heavy atom. The van der Waals surface area contributed by atoms with E-state index in [-0.39, 0.29) is 41.1 Å². The van der Waals surface area contributed by atoms with Crippen LogP contribution < -0.4 is 4.74 Å². The fourth-order valence-corrected chi connectivity index (χ4v) is 6.40. The third kappa shape index (κ3) is 4.29. The van der Waals surface area contributed by atoms with Crippen molar-refractivity contribution >= 4 is 31.6 Å². The van der Waals surface area contributed by atoms with Crippen molar-refractivity contribution in [1.29, 1.82) is 0 Å². The summed E-state index contributed by atoms with van der Waals surface area (Å²) >= 11 is 6.07. The molecule has 1 aliphatic heterocycles. The highest BCUT2D eigenvalue weighted by atomic mass is 35.5. The minimum Gasteiger partial charge on any atom is -0.495 e. The third-order valence-electron chi connectivity index (χ3n) is 4.87. The summed E-state index contributed by atoms with van der Waals surface area (Å²) in [5, 5.41) is 0.161. The number of halogens is 1. The molecule has 29 heavy (non-hydrogen) atoms. The van der Waals surface area contributed by atoms with Gasteiger partial charge in [0.2, 0.25) is 10.0 Å². The molecule has 1 aromatic heterocycles. The first-order valence-corrected chi connectivity index (χ1v) is 12.2. The molecule has 0 aliphatic carbocycles. The van der Waals surface area contributed by atoms with Crippen LogP contribution in [0.4, 0.5) is 0 Å². The molecule has 0 N–H and O–H groups in total. The van der Waals surface area contributed by atoms with E-state index in [2.05, 4.69) is 4.98 Å². The molecule has 2 heterocycles. The van der Waals surface area contributed by atoms with E-state index in [9.17, 15) is 16.8 Å². The Bertz CT molecular complexity index is 1100. The minimum atomic E-state index is -3.82.